The van der Waals surface area contributed by atoms with Gasteiger partial charge in [0.1, 0.15) is 24.1 Å². The normalized spacial score (nSPS) is 11.3. The third-order valence-electron chi connectivity index (χ3n) is 3.59. The molecular formula is C19H21ClN2O4. The molecule has 7 heteroatoms. The highest BCUT2D eigenvalue weighted by Crippen LogP contribution is 2.16. The molecule has 2 rings (SSSR count). The van der Waals surface area contributed by atoms with E-state index in [4.69, 9.17) is 21.1 Å². The molecule has 0 aliphatic rings. The van der Waals surface area contributed by atoms with Gasteiger partial charge in [0.05, 0.1) is 24.2 Å². The summed E-state index contributed by atoms with van der Waals surface area (Å²) in [6.45, 7) is 2.23. The smallest absolute Gasteiger partial charge is 0.253 e. The van der Waals surface area contributed by atoms with Crippen LogP contribution in [0.3, 0.4) is 0 Å². The summed E-state index contributed by atoms with van der Waals surface area (Å²) in [6, 6.07) is 13.1. The highest BCUT2D eigenvalue weighted by atomic mass is 35.5. The Labute approximate surface area is 157 Å². The first-order valence-electron chi connectivity index (χ1n) is 8.11. The Morgan fingerprint density at radius 3 is 2.38 bits per heavy atom. The zero-order valence-corrected chi connectivity index (χ0v) is 15.4. The average molecular weight is 377 g/mol. The molecule has 0 aliphatic heterocycles. The van der Waals surface area contributed by atoms with Gasteiger partial charge in [-0.15, -0.1) is 0 Å². The van der Waals surface area contributed by atoms with Gasteiger partial charge in [0.2, 0.25) is 5.91 Å². The van der Waals surface area contributed by atoms with E-state index in [1.54, 1.807) is 62.6 Å². The van der Waals surface area contributed by atoms with Gasteiger partial charge in [-0.1, -0.05) is 23.7 Å². The second-order valence-electron chi connectivity index (χ2n) is 5.49. The number of nitrogens with one attached hydrogen (secondary N) is 2. The van der Waals surface area contributed by atoms with E-state index in [0.29, 0.717) is 29.5 Å². The number of benzene rings is 2. The summed E-state index contributed by atoms with van der Waals surface area (Å²) < 4.78 is 10.6. The largest absolute Gasteiger partial charge is 0.497 e. The van der Waals surface area contributed by atoms with Crippen LogP contribution in [-0.4, -0.2) is 38.1 Å². The molecule has 2 amide bonds. The van der Waals surface area contributed by atoms with E-state index in [1.165, 1.54) is 0 Å². The third-order valence-corrected chi connectivity index (χ3v) is 3.92. The minimum absolute atomic E-state index is 0.302. The topological polar surface area (TPSA) is 76.7 Å². The first kappa shape index (κ1) is 19.6. The Bertz CT molecular complexity index is 749. The zero-order chi connectivity index (χ0) is 18.9. The number of methoxy groups -OCH3 is 1. The van der Waals surface area contributed by atoms with Gasteiger partial charge in [0.15, 0.2) is 0 Å². The van der Waals surface area contributed by atoms with Crippen molar-refractivity contribution < 1.29 is 19.1 Å². The van der Waals surface area contributed by atoms with E-state index in [9.17, 15) is 9.59 Å². The molecule has 1 unspecified atom stereocenters. The van der Waals surface area contributed by atoms with Crippen molar-refractivity contribution in [1.82, 2.24) is 10.6 Å². The van der Waals surface area contributed by atoms with Crippen molar-refractivity contribution in [3.05, 3.63) is 59.1 Å². The van der Waals surface area contributed by atoms with E-state index < -0.39 is 11.9 Å². The molecule has 2 N–H and O–H groups in total. The SMILES string of the molecule is COc1ccc(OCCNC(=O)C(C)NC(=O)c2ccccc2Cl)cc1. The first-order valence-corrected chi connectivity index (χ1v) is 8.49. The molecule has 26 heavy (non-hydrogen) atoms. The van der Waals surface area contributed by atoms with Crippen LogP contribution in [0.4, 0.5) is 0 Å². The maximum atomic E-state index is 12.1. The van der Waals surface area contributed by atoms with Gasteiger partial charge >= 0.3 is 0 Å². The lowest BCUT2D eigenvalue weighted by molar-refractivity contribution is -0.122. The van der Waals surface area contributed by atoms with Crippen molar-refractivity contribution >= 4 is 23.4 Å². The van der Waals surface area contributed by atoms with Crippen LogP contribution >= 0.6 is 11.6 Å². The molecule has 2 aromatic carbocycles. The molecule has 0 fully saturated rings. The van der Waals surface area contributed by atoms with Crippen LogP contribution in [0.1, 0.15) is 17.3 Å². The summed E-state index contributed by atoms with van der Waals surface area (Å²) in [5.41, 5.74) is 0.330. The quantitative estimate of drug-likeness (QED) is 0.694. The van der Waals surface area contributed by atoms with Gasteiger partial charge in [-0.25, -0.2) is 0 Å². The number of amides is 2. The summed E-state index contributed by atoms with van der Waals surface area (Å²) in [6.07, 6.45) is 0. The third kappa shape index (κ3) is 5.67. The predicted octanol–water partition coefficient (Wildman–Crippen LogP) is 2.66. The molecule has 1 atom stereocenters. The highest BCUT2D eigenvalue weighted by molar-refractivity contribution is 6.33. The molecule has 0 aliphatic carbocycles. The van der Waals surface area contributed by atoms with E-state index >= 15 is 0 Å². The summed E-state index contributed by atoms with van der Waals surface area (Å²) in [5.74, 6) is 0.727. The average Bonchev–Trinajstić information content (AvgIpc) is 2.65. The highest BCUT2D eigenvalue weighted by Gasteiger charge is 2.17. The van der Waals surface area contributed by atoms with Crippen molar-refractivity contribution in [1.29, 1.82) is 0 Å². The molecule has 138 valence electrons. The predicted molar refractivity (Wildman–Crippen MR) is 99.9 cm³/mol. The molecule has 0 saturated heterocycles. The number of halogens is 1. The van der Waals surface area contributed by atoms with Gasteiger partial charge in [-0.2, -0.15) is 0 Å². The van der Waals surface area contributed by atoms with Gasteiger partial charge in [-0.05, 0) is 43.3 Å². The van der Waals surface area contributed by atoms with Gasteiger partial charge in [0, 0.05) is 0 Å². The Balaban J connectivity index is 1.73. The fourth-order valence-electron chi connectivity index (χ4n) is 2.15. The van der Waals surface area contributed by atoms with E-state index in [2.05, 4.69) is 10.6 Å². The lowest BCUT2D eigenvalue weighted by Gasteiger charge is -2.15. The summed E-state index contributed by atoms with van der Waals surface area (Å²) in [5, 5.41) is 5.67. The van der Waals surface area contributed by atoms with E-state index in [-0.39, 0.29) is 5.91 Å². The van der Waals surface area contributed by atoms with Crippen molar-refractivity contribution in [2.75, 3.05) is 20.3 Å². The molecule has 0 aromatic heterocycles. The lowest BCUT2D eigenvalue weighted by Crippen LogP contribution is -2.45. The second-order valence-corrected chi connectivity index (χ2v) is 5.90. The Hall–Kier alpha value is -2.73. The summed E-state index contributed by atoms with van der Waals surface area (Å²) in [4.78, 5) is 24.2. The number of hydrogen-bond acceptors (Lipinski definition) is 4. The molecular weight excluding hydrogens is 356 g/mol. The summed E-state index contributed by atoms with van der Waals surface area (Å²) in [7, 11) is 1.59. The van der Waals surface area contributed by atoms with Crippen LogP contribution in [-0.2, 0) is 4.79 Å². The molecule has 0 heterocycles. The van der Waals surface area contributed by atoms with Crippen LogP contribution in [0.2, 0.25) is 5.02 Å². The fourth-order valence-corrected chi connectivity index (χ4v) is 2.38. The number of rotatable bonds is 8. The van der Waals surface area contributed by atoms with Crippen molar-refractivity contribution in [2.45, 2.75) is 13.0 Å². The van der Waals surface area contributed by atoms with Gasteiger partial charge in [0.25, 0.3) is 5.91 Å². The number of carbonyl (C=O) groups excluding carboxylic acids is 2. The van der Waals surface area contributed by atoms with E-state index in [1.807, 2.05) is 0 Å². The van der Waals surface area contributed by atoms with Crippen molar-refractivity contribution in [3.8, 4) is 11.5 Å². The Morgan fingerprint density at radius 1 is 1.08 bits per heavy atom. The molecule has 0 radical (unpaired) electrons. The molecule has 2 aromatic rings. The van der Waals surface area contributed by atoms with Gasteiger partial charge in [-0.3, -0.25) is 9.59 Å². The molecule has 0 saturated carbocycles. The molecule has 0 bridgehead atoms. The molecule has 6 nitrogen and oxygen atoms in total. The number of carbonyl (C=O) groups is 2. The minimum Gasteiger partial charge on any atom is -0.497 e. The Morgan fingerprint density at radius 2 is 1.73 bits per heavy atom. The summed E-state index contributed by atoms with van der Waals surface area (Å²) >= 11 is 5.98. The molecule has 0 spiro atoms. The van der Waals surface area contributed by atoms with Crippen LogP contribution in [0.15, 0.2) is 48.5 Å². The monoisotopic (exact) mass is 376 g/mol. The zero-order valence-electron chi connectivity index (χ0n) is 14.6. The van der Waals surface area contributed by atoms with E-state index in [0.717, 1.165) is 5.75 Å². The van der Waals surface area contributed by atoms with Gasteiger partial charge < -0.3 is 20.1 Å². The fraction of sp³-hybridized carbons (Fsp3) is 0.263. The van der Waals surface area contributed by atoms with Crippen LogP contribution in [0, 0.1) is 0 Å². The van der Waals surface area contributed by atoms with Crippen LogP contribution < -0.4 is 20.1 Å². The number of ether oxygens (including phenoxy) is 2. The maximum Gasteiger partial charge on any atom is 0.253 e. The van der Waals surface area contributed by atoms with Crippen molar-refractivity contribution in [3.63, 3.8) is 0 Å². The maximum absolute atomic E-state index is 12.1. The van der Waals surface area contributed by atoms with Crippen molar-refractivity contribution in [2.24, 2.45) is 0 Å². The first-order chi connectivity index (χ1) is 12.5. The lowest BCUT2D eigenvalue weighted by atomic mass is 10.2. The van der Waals surface area contributed by atoms with Crippen LogP contribution in [0.5, 0.6) is 11.5 Å². The van der Waals surface area contributed by atoms with Crippen LogP contribution in [0.25, 0.3) is 0 Å². The number of hydrogen-bond donors (Lipinski definition) is 2. The second kappa shape index (κ2) is 9.68. The Kier molecular flexibility index (Phi) is 7.29. The standard InChI is InChI=1S/C19H21ClN2O4/c1-13(22-19(24)16-5-3-4-6-17(16)20)18(23)21-11-12-26-15-9-7-14(25-2)8-10-15/h3-10,13H,11-12H2,1-2H3,(H,21,23)(H,22,24). The minimum atomic E-state index is -0.695.